The van der Waals surface area contributed by atoms with E-state index < -0.39 is 40.4 Å². The van der Waals surface area contributed by atoms with Crippen LogP contribution >= 0.6 is 0 Å². The number of nitrogens with two attached hydrogens (primary N) is 1. The number of aliphatic imine (C=N–C) groups is 1. The maximum Gasteiger partial charge on any atom is 0.205 e. The minimum absolute atomic E-state index is 0.0602. The van der Waals surface area contributed by atoms with Crippen LogP contribution in [0.4, 0.5) is 0 Å². The topological polar surface area (TPSA) is 111 Å². The van der Waals surface area contributed by atoms with Crippen LogP contribution in [-0.4, -0.2) is 75.4 Å². The molecule has 0 amide bonds. The van der Waals surface area contributed by atoms with Gasteiger partial charge in [0.2, 0.25) is 5.79 Å². The van der Waals surface area contributed by atoms with Gasteiger partial charge in [0, 0.05) is 6.42 Å². The monoisotopic (exact) mass is 512 g/mol. The molecule has 3 rings (SSSR count). The van der Waals surface area contributed by atoms with E-state index in [1.165, 1.54) is 6.34 Å². The van der Waals surface area contributed by atoms with Crippen molar-refractivity contribution in [2.45, 2.75) is 115 Å². The van der Waals surface area contributed by atoms with Crippen LogP contribution in [0, 0.1) is 0 Å². The lowest BCUT2D eigenvalue weighted by molar-refractivity contribution is -0.219. The number of rotatable bonds is 8. The van der Waals surface area contributed by atoms with Crippen LogP contribution in [0.3, 0.4) is 0 Å². The first-order valence-corrected chi connectivity index (χ1v) is 18.4. The quantitative estimate of drug-likeness (QED) is 0.376. The van der Waals surface area contributed by atoms with E-state index in [0.29, 0.717) is 25.3 Å². The number of ether oxygens (including phenoxy) is 2. The van der Waals surface area contributed by atoms with Gasteiger partial charge in [-0.2, -0.15) is 5.10 Å². The molecule has 0 aromatic heterocycles. The summed E-state index contributed by atoms with van der Waals surface area (Å²) in [6.07, 6.45) is 3.77. The highest BCUT2D eigenvalue weighted by Gasteiger charge is 2.57. The van der Waals surface area contributed by atoms with Crippen molar-refractivity contribution < 1.29 is 23.4 Å². The second kappa shape index (κ2) is 9.09. The predicted octanol–water partition coefficient (Wildman–Crippen LogP) is 3.73. The predicted molar refractivity (Wildman–Crippen MR) is 139 cm³/mol. The van der Waals surface area contributed by atoms with E-state index in [0.717, 1.165) is 5.70 Å². The summed E-state index contributed by atoms with van der Waals surface area (Å²) in [5, 5.41) is 16.9. The number of amidine groups is 1. The van der Waals surface area contributed by atoms with Gasteiger partial charge in [-0.1, -0.05) is 26.8 Å². The average molecular weight is 513 g/mol. The third-order valence-electron chi connectivity index (χ3n) is 6.74. The molecule has 0 aromatic rings. The van der Waals surface area contributed by atoms with Crippen LogP contribution in [0.2, 0.25) is 37.8 Å². The molecule has 0 spiro atoms. The van der Waals surface area contributed by atoms with E-state index in [9.17, 15) is 5.11 Å². The van der Waals surface area contributed by atoms with Gasteiger partial charge in [-0.15, -0.1) is 0 Å². The van der Waals surface area contributed by atoms with Crippen molar-refractivity contribution in [3.8, 4) is 0 Å². The fraction of sp³-hybridized carbons (Fsp3) is 0.826. The van der Waals surface area contributed by atoms with Gasteiger partial charge in [-0.05, 0) is 58.0 Å². The summed E-state index contributed by atoms with van der Waals surface area (Å²) in [4.78, 5) is 4.17. The summed E-state index contributed by atoms with van der Waals surface area (Å²) >= 11 is 0. The number of nitrogens with zero attached hydrogens (tertiary/aromatic N) is 3. The minimum Gasteiger partial charge on any atom is -0.414 e. The van der Waals surface area contributed by atoms with Gasteiger partial charge in [0.05, 0.1) is 18.4 Å². The van der Waals surface area contributed by atoms with Gasteiger partial charge >= 0.3 is 0 Å². The minimum atomic E-state index is -2.10. The smallest absolute Gasteiger partial charge is 0.205 e. The van der Waals surface area contributed by atoms with Crippen molar-refractivity contribution in [3.05, 3.63) is 11.8 Å². The van der Waals surface area contributed by atoms with Gasteiger partial charge < -0.3 is 29.2 Å². The molecular weight excluding hydrogens is 468 g/mol. The molecule has 3 aliphatic heterocycles. The van der Waals surface area contributed by atoms with Crippen molar-refractivity contribution in [3.63, 3.8) is 0 Å². The van der Waals surface area contributed by atoms with Crippen molar-refractivity contribution in [2.75, 3.05) is 6.61 Å². The average Bonchev–Trinajstić information content (AvgIpc) is 3.20. The van der Waals surface area contributed by atoms with Crippen LogP contribution < -0.4 is 5.73 Å². The molecular formula is C23H44N4O5Si2. The van der Waals surface area contributed by atoms with Crippen molar-refractivity contribution in [1.29, 1.82) is 0 Å². The Kier molecular flexibility index (Phi) is 7.35. The number of hydrogen-bond acceptors (Lipinski definition) is 9. The summed E-state index contributed by atoms with van der Waals surface area (Å²) in [5.41, 5.74) is 6.98. The molecule has 194 valence electrons. The third-order valence-corrected chi connectivity index (χ3v) is 12.2. The molecule has 9 nitrogen and oxygen atoms in total. The summed E-state index contributed by atoms with van der Waals surface area (Å²) in [6.45, 7) is 21.1. The molecule has 0 saturated carbocycles. The molecule has 3 heterocycles. The fourth-order valence-electron chi connectivity index (χ4n) is 4.22. The Morgan fingerprint density at radius 2 is 1.85 bits per heavy atom. The first-order valence-electron chi connectivity index (χ1n) is 12.1. The maximum absolute atomic E-state index is 10.5. The van der Waals surface area contributed by atoms with Gasteiger partial charge in [0.15, 0.2) is 22.4 Å². The molecule has 3 unspecified atom stereocenters. The zero-order valence-electron chi connectivity index (χ0n) is 22.5. The largest absolute Gasteiger partial charge is 0.414 e. The molecule has 11 heteroatoms. The van der Waals surface area contributed by atoms with Crippen LogP contribution in [0.5, 0.6) is 0 Å². The molecule has 1 fully saturated rings. The molecule has 0 aromatic carbocycles. The SMILES string of the molecule is CC(C)(O)OC1CC(O[Si](C)(C)C)(C2=CCC3C(N)=NC=NN23)O[C@@H]1CO[Si](C)(C)C(C)(C)C. The first-order chi connectivity index (χ1) is 15.3. The zero-order valence-corrected chi connectivity index (χ0v) is 24.5. The second-order valence-corrected chi connectivity index (χ2v) is 21.7. The van der Waals surface area contributed by atoms with E-state index in [-0.39, 0.29) is 11.1 Å². The van der Waals surface area contributed by atoms with E-state index in [1.807, 2.05) is 5.01 Å². The highest BCUT2D eigenvalue weighted by molar-refractivity contribution is 6.74. The van der Waals surface area contributed by atoms with Crippen LogP contribution in [0.25, 0.3) is 0 Å². The Morgan fingerprint density at radius 1 is 1.21 bits per heavy atom. The Morgan fingerprint density at radius 3 is 2.41 bits per heavy atom. The Hall–Kier alpha value is -1.09. The van der Waals surface area contributed by atoms with E-state index in [1.54, 1.807) is 13.8 Å². The molecule has 0 bridgehead atoms. The Labute approximate surface area is 206 Å². The standard InChI is InChI=1S/C23H44N4O5Si2/c1-21(2,3)34(9,10)29-14-18-17(30-22(4,5)28)13-23(31-18,32-33(6,7)8)19-12-11-16-20(24)25-15-26-27(16)19/h12,15-18,28H,11,13-14H2,1-10H3,(H2,24,25,26)/t16?,17?,18-,23?/m1/s1. The molecule has 3 N–H and O–H groups in total. The third kappa shape index (κ3) is 6.00. The second-order valence-electron chi connectivity index (χ2n) is 12.5. The zero-order chi connectivity index (χ0) is 25.7. The Balaban J connectivity index is 1.95. The number of aliphatic hydroxyl groups is 1. The summed E-state index contributed by atoms with van der Waals surface area (Å²) in [5.74, 6) is -1.89. The highest BCUT2D eigenvalue weighted by Crippen LogP contribution is 2.47. The molecule has 4 atom stereocenters. The molecule has 34 heavy (non-hydrogen) atoms. The van der Waals surface area contributed by atoms with Crippen LogP contribution in [0.1, 0.15) is 47.5 Å². The summed E-state index contributed by atoms with van der Waals surface area (Å²) in [6, 6.07) is -0.151. The van der Waals surface area contributed by atoms with Crippen molar-refractivity contribution in [1.82, 2.24) is 5.01 Å². The number of hydrogen-bond donors (Lipinski definition) is 2. The molecule has 3 aliphatic rings. The Bertz CT molecular complexity index is 857. The van der Waals surface area contributed by atoms with Gasteiger partial charge in [0.25, 0.3) is 0 Å². The lowest BCUT2D eigenvalue weighted by Gasteiger charge is -2.40. The molecule has 0 aliphatic carbocycles. The number of fused-ring (bicyclic) bond motifs is 1. The van der Waals surface area contributed by atoms with E-state index in [4.69, 9.17) is 24.1 Å². The summed E-state index contributed by atoms with van der Waals surface area (Å²) in [7, 11) is -4.13. The van der Waals surface area contributed by atoms with E-state index >= 15 is 0 Å². The van der Waals surface area contributed by atoms with Gasteiger partial charge in [0.1, 0.15) is 24.3 Å². The first kappa shape index (κ1) is 27.5. The lowest BCUT2D eigenvalue weighted by atomic mass is 10.1. The van der Waals surface area contributed by atoms with Crippen LogP contribution in [-0.2, 0) is 18.3 Å². The lowest BCUT2D eigenvalue weighted by Crippen LogP contribution is -2.51. The van der Waals surface area contributed by atoms with E-state index in [2.05, 4.69) is 69.7 Å². The van der Waals surface area contributed by atoms with Crippen molar-refractivity contribution in [2.24, 2.45) is 15.8 Å². The highest BCUT2D eigenvalue weighted by atomic mass is 28.4. The molecule has 1 saturated heterocycles. The van der Waals surface area contributed by atoms with Gasteiger partial charge in [-0.3, -0.25) is 5.01 Å². The van der Waals surface area contributed by atoms with Crippen molar-refractivity contribution >= 4 is 28.8 Å². The molecule has 0 radical (unpaired) electrons. The normalized spacial score (nSPS) is 30.4. The van der Waals surface area contributed by atoms with Crippen LogP contribution in [0.15, 0.2) is 21.9 Å². The summed E-state index contributed by atoms with van der Waals surface area (Å²) < 4.78 is 26.2. The van der Waals surface area contributed by atoms with Gasteiger partial charge in [-0.25, -0.2) is 4.99 Å². The maximum atomic E-state index is 10.5. The fourth-order valence-corrected chi connectivity index (χ4v) is 6.46. The number of hydrazone groups is 1.